The predicted octanol–water partition coefficient (Wildman–Crippen LogP) is 3.26. The molecule has 2 aromatic heterocycles. The van der Waals surface area contributed by atoms with Gasteiger partial charge in [-0.05, 0) is 48.1 Å². The number of hydrogen-bond acceptors (Lipinski definition) is 6. The van der Waals surface area contributed by atoms with Gasteiger partial charge in [0.1, 0.15) is 18.1 Å². The van der Waals surface area contributed by atoms with E-state index in [2.05, 4.69) is 17.3 Å². The Morgan fingerprint density at radius 3 is 2.69 bits per heavy atom. The number of ether oxygens (including phenoxy) is 1. The summed E-state index contributed by atoms with van der Waals surface area (Å²) in [7, 11) is 0. The summed E-state index contributed by atoms with van der Waals surface area (Å²) in [6, 6.07) is 12.5. The van der Waals surface area contributed by atoms with E-state index in [9.17, 15) is 14.9 Å². The van der Waals surface area contributed by atoms with Gasteiger partial charge in [-0.2, -0.15) is 4.68 Å². The molecule has 0 aliphatic rings. The number of hydrogen-bond donors (Lipinski definition) is 1. The second-order valence-electron chi connectivity index (χ2n) is 6.43. The van der Waals surface area contributed by atoms with Gasteiger partial charge < -0.3 is 24.6 Å². The first-order chi connectivity index (χ1) is 14.0. The van der Waals surface area contributed by atoms with E-state index in [1.165, 1.54) is 16.3 Å². The number of carbonyl (C=O) groups is 1. The second kappa shape index (κ2) is 9.05. The molecule has 2 heterocycles. The van der Waals surface area contributed by atoms with E-state index >= 15 is 0 Å². The average Bonchev–Trinajstić information content (AvgIpc) is 3.34. The van der Waals surface area contributed by atoms with E-state index in [0.717, 1.165) is 12.2 Å². The van der Waals surface area contributed by atoms with Crippen LogP contribution in [0.25, 0.3) is 0 Å². The van der Waals surface area contributed by atoms with Crippen molar-refractivity contribution in [3.8, 4) is 5.75 Å². The highest BCUT2D eigenvalue weighted by molar-refractivity contribution is 5.91. The molecule has 1 aromatic carbocycles. The molecule has 0 unspecified atom stereocenters. The highest BCUT2D eigenvalue weighted by Crippen LogP contribution is 2.16. The molecular weight excluding hydrogens is 376 g/mol. The Labute approximate surface area is 167 Å². The summed E-state index contributed by atoms with van der Waals surface area (Å²) in [5.41, 5.74) is 1.88. The van der Waals surface area contributed by atoms with E-state index in [1.807, 2.05) is 24.3 Å². The average molecular weight is 398 g/mol. The number of nitrogens with zero attached hydrogens (tertiary/aromatic N) is 3. The minimum absolute atomic E-state index is 0.174. The molecule has 0 radical (unpaired) electrons. The van der Waals surface area contributed by atoms with E-state index in [1.54, 1.807) is 19.1 Å². The van der Waals surface area contributed by atoms with Crippen LogP contribution in [0, 0.1) is 17.0 Å². The minimum Gasteiger partial charge on any atom is -0.486 e. The summed E-state index contributed by atoms with van der Waals surface area (Å²) in [6.07, 6.45) is 0.966. The highest BCUT2D eigenvalue weighted by atomic mass is 16.6. The van der Waals surface area contributed by atoms with Crippen molar-refractivity contribution in [3.63, 3.8) is 0 Å². The molecule has 9 nitrogen and oxygen atoms in total. The lowest BCUT2D eigenvalue weighted by atomic mass is 10.2. The van der Waals surface area contributed by atoms with Gasteiger partial charge >= 0.3 is 5.82 Å². The van der Waals surface area contributed by atoms with Crippen molar-refractivity contribution in [2.45, 2.75) is 33.4 Å². The molecule has 3 aromatic rings. The Morgan fingerprint density at radius 2 is 2.03 bits per heavy atom. The number of benzene rings is 1. The van der Waals surface area contributed by atoms with E-state index in [-0.39, 0.29) is 30.6 Å². The monoisotopic (exact) mass is 398 g/mol. The van der Waals surface area contributed by atoms with Crippen LogP contribution in [-0.4, -0.2) is 27.2 Å². The topological polar surface area (TPSA) is 112 Å². The molecule has 29 heavy (non-hydrogen) atoms. The highest BCUT2D eigenvalue weighted by Gasteiger charge is 2.16. The zero-order valence-electron chi connectivity index (χ0n) is 16.3. The van der Waals surface area contributed by atoms with E-state index in [4.69, 9.17) is 9.15 Å². The number of aromatic nitrogens is 2. The lowest BCUT2D eigenvalue weighted by molar-refractivity contribution is -0.389. The van der Waals surface area contributed by atoms with Crippen LogP contribution in [0.4, 0.5) is 5.82 Å². The van der Waals surface area contributed by atoms with Crippen molar-refractivity contribution in [2.24, 2.45) is 0 Å². The second-order valence-corrected chi connectivity index (χ2v) is 6.43. The SMILES string of the molecule is CCc1ccc(OCc2ccc(C(=O)NCCn3nc([N+](=O)[O-])cc3C)o2)cc1. The smallest absolute Gasteiger partial charge is 0.390 e. The van der Waals surface area contributed by atoms with Crippen LogP contribution in [0.1, 0.15) is 34.5 Å². The third kappa shape index (κ3) is 5.22. The van der Waals surface area contributed by atoms with E-state index < -0.39 is 4.92 Å². The number of furan rings is 1. The summed E-state index contributed by atoms with van der Waals surface area (Å²) in [5, 5.41) is 17.3. The number of nitrogens with one attached hydrogen (secondary N) is 1. The summed E-state index contributed by atoms with van der Waals surface area (Å²) >= 11 is 0. The summed E-state index contributed by atoms with van der Waals surface area (Å²) in [5.74, 6) is 0.853. The third-order valence-electron chi connectivity index (χ3n) is 4.36. The maximum absolute atomic E-state index is 12.2. The molecule has 0 atom stereocenters. The fourth-order valence-corrected chi connectivity index (χ4v) is 2.72. The Balaban J connectivity index is 1.48. The van der Waals surface area contributed by atoms with Crippen molar-refractivity contribution in [1.29, 1.82) is 0 Å². The van der Waals surface area contributed by atoms with Gasteiger partial charge in [-0.3, -0.25) is 4.79 Å². The van der Waals surface area contributed by atoms with Crippen molar-refractivity contribution in [3.05, 3.63) is 75.4 Å². The zero-order valence-corrected chi connectivity index (χ0v) is 16.3. The molecule has 1 N–H and O–H groups in total. The molecule has 0 aliphatic carbocycles. The standard InChI is InChI=1S/C20H22N4O5/c1-3-15-4-6-16(7-5-15)28-13-17-8-9-18(29-17)20(25)21-10-11-23-14(2)12-19(22-23)24(26)27/h4-9,12H,3,10-11,13H2,1-2H3,(H,21,25). The van der Waals surface area contributed by atoms with Gasteiger partial charge in [0, 0.05) is 6.54 Å². The minimum atomic E-state index is -0.549. The largest absolute Gasteiger partial charge is 0.486 e. The molecule has 3 rings (SSSR count). The van der Waals surface area contributed by atoms with Crippen LogP contribution in [0.3, 0.4) is 0 Å². The maximum atomic E-state index is 12.2. The molecule has 0 saturated heterocycles. The number of rotatable bonds is 9. The number of carbonyl (C=O) groups excluding carboxylic acids is 1. The number of amides is 1. The van der Waals surface area contributed by atoms with Gasteiger partial charge in [-0.1, -0.05) is 19.1 Å². The normalized spacial score (nSPS) is 10.7. The van der Waals surface area contributed by atoms with Crippen molar-refractivity contribution < 1.29 is 18.9 Å². The molecule has 0 bridgehead atoms. The molecule has 152 valence electrons. The first kappa shape index (κ1) is 20.1. The molecule has 0 saturated carbocycles. The molecule has 9 heteroatoms. The van der Waals surface area contributed by atoms with Crippen LogP contribution in [0.2, 0.25) is 0 Å². The maximum Gasteiger partial charge on any atom is 0.390 e. The van der Waals surface area contributed by atoms with Gasteiger partial charge in [-0.15, -0.1) is 0 Å². The van der Waals surface area contributed by atoms with Crippen LogP contribution >= 0.6 is 0 Å². The van der Waals surface area contributed by atoms with Crippen molar-refractivity contribution >= 4 is 11.7 Å². The molecule has 0 fully saturated rings. The summed E-state index contributed by atoms with van der Waals surface area (Å²) in [4.78, 5) is 22.4. The fourth-order valence-electron chi connectivity index (χ4n) is 2.72. The molecule has 0 spiro atoms. The molecule has 1 amide bonds. The zero-order chi connectivity index (χ0) is 20.8. The lowest BCUT2D eigenvalue weighted by Gasteiger charge is -2.05. The predicted molar refractivity (Wildman–Crippen MR) is 105 cm³/mol. The molecular formula is C20H22N4O5. The van der Waals surface area contributed by atoms with Gasteiger partial charge in [0.15, 0.2) is 5.76 Å². The molecule has 0 aliphatic heterocycles. The lowest BCUT2D eigenvalue weighted by Crippen LogP contribution is -2.27. The van der Waals surface area contributed by atoms with Gasteiger partial charge in [0.2, 0.25) is 0 Å². The van der Waals surface area contributed by atoms with Crippen LogP contribution in [0.5, 0.6) is 5.75 Å². The number of nitro groups is 1. The van der Waals surface area contributed by atoms with Crippen LogP contribution in [0.15, 0.2) is 46.9 Å². The van der Waals surface area contributed by atoms with E-state index in [0.29, 0.717) is 18.0 Å². The van der Waals surface area contributed by atoms with Crippen LogP contribution < -0.4 is 10.1 Å². The first-order valence-electron chi connectivity index (χ1n) is 9.23. The summed E-state index contributed by atoms with van der Waals surface area (Å²) < 4.78 is 12.7. The Kier molecular flexibility index (Phi) is 6.28. The Morgan fingerprint density at radius 1 is 1.28 bits per heavy atom. The number of aryl methyl sites for hydroxylation is 2. The van der Waals surface area contributed by atoms with Gasteiger partial charge in [-0.25, -0.2) is 0 Å². The van der Waals surface area contributed by atoms with Crippen molar-refractivity contribution in [1.82, 2.24) is 15.1 Å². The fraction of sp³-hybridized carbons (Fsp3) is 0.300. The quantitative estimate of drug-likeness (QED) is 0.437. The Hall–Kier alpha value is -3.62. The Bertz CT molecular complexity index is 991. The first-order valence-corrected chi connectivity index (χ1v) is 9.23. The van der Waals surface area contributed by atoms with Gasteiger partial charge in [0.05, 0.1) is 23.4 Å². The van der Waals surface area contributed by atoms with Crippen LogP contribution in [-0.2, 0) is 19.6 Å². The van der Waals surface area contributed by atoms with Crippen molar-refractivity contribution in [2.75, 3.05) is 6.54 Å². The summed E-state index contributed by atoms with van der Waals surface area (Å²) in [6.45, 7) is 4.60. The van der Waals surface area contributed by atoms with Gasteiger partial charge in [0.25, 0.3) is 5.91 Å². The third-order valence-corrected chi connectivity index (χ3v) is 4.36.